The van der Waals surface area contributed by atoms with E-state index in [4.69, 9.17) is 0 Å². The monoisotopic (exact) mass is 362 g/mol. The van der Waals surface area contributed by atoms with Crippen LogP contribution in [0, 0.1) is 0 Å². The van der Waals surface area contributed by atoms with Crippen molar-refractivity contribution in [3.63, 3.8) is 0 Å². The van der Waals surface area contributed by atoms with Crippen LogP contribution in [0.3, 0.4) is 0 Å². The van der Waals surface area contributed by atoms with Crippen LogP contribution in [0.5, 0.6) is 0 Å². The van der Waals surface area contributed by atoms with Gasteiger partial charge in [0.2, 0.25) is 0 Å². The third-order valence-corrected chi connectivity index (χ3v) is 7.00. The summed E-state index contributed by atoms with van der Waals surface area (Å²) in [5, 5.41) is 17.1. The minimum absolute atomic E-state index is 0.00248. The van der Waals surface area contributed by atoms with Gasteiger partial charge >= 0.3 is 6.03 Å². The van der Waals surface area contributed by atoms with E-state index < -0.39 is 0 Å². The lowest BCUT2D eigenvalue weighted by atomic mass is 9.99. The summed E-state index contributed by atoms with van der Waals surface area (Å²) in [6.07, 6.45) is 7.28. The van der Waals surface area contributed by atoms with Gasteiger partial charge in [-0.25, -0.2) is 4.79 Å². The number of anilines is 1. The molecule has 7 heteroatoms. The number of piperidine rings is 1. The fraction of sp³-hybridized carbons (Fsp3) is 0.588. The number of nitrogens with zero attached hydrogens (tertiary/aromatic N) is 3. The van der Waals surface area contributed by atoms with Gasteiger partial charge in [0.25, 0.3) is 0 Å². The third kappa shape index (κ3) is 3.47. The van der Waals surface area contributed by atoms with Gasteiger partial charge < -0.3 is 4.90 Å². The molecule has 1 atom stereocenters. The average molecular weight is 363 g/mol. The molecular weight excluding hydrogens is 340 g/mol. The van der Waals surface area contributed by atoms with Crippen LogP contribution >= 0.6 is 22.7 Å². The number of amides is 2. The van der Waals surface area contributed by atoms with E-state index in [0.29, 0.717) is 11.8 Å². The molecule has 0 aromatic carbocycles. The molecule has 3 heterocycles. The summed E-state index contributed by atoms with van der Waals surface area (Å²) in [5.41, 5.74) is 0. The number of carbonyl (C=O) groups excluding carboxylic acids is 1. The molecule has 2 aromatic heterocycles. The Bertz CT molecular complexity index is 679. The molecule has 0 spiro atoms. The molecule has 2 amide bonds. The van der Waals surface area contributed by atoms with Gasteiger partial charge in [-0.2, -0.15) is 0 Å². The zero-order chi connectivity index (χ0) is 16.4. The van der Waals surface area contributed by atoms with Crippen LogP contribution < -0.4 is 5.32 Å². The predicted octanol–water partition coefficient (Wildman–Crippen LogP) is 4.67. The maximum absolute atomic E-state index is 12.4. The van der Waals surface area contributed by atoms with Gasteiger partial charge in [0.15, 0.2) is 0 Å². The highest BCUT2D eigenvalue weighted by molar-refractivity contribution is 7.14. The molecule has 1 aliphatic carbocycles. The molecule has 0 radical (unpaired) electrons. The predicted molar refractivity (Wildman–Crippen MR) is 98.0 cm³/mol. The van der Waals surface area contributed by atoms with E-state index in [1.165, 1.54) is 30.7 Å². The molecule has 24 heavy (non-hydrogen) atoms. The molecule has 4 rings (SSSR count). The number of hydrogen-bond acceptors (Lipinski definition) is 5. The molecule has 2 aromatic rings. The van der Waals surface area contributed by atoms with E-state index in [-0.39, 0.29) is 6.03 Å². The van der Waals surface area contributed by atoms with E-state index in [9.17, 15) is 4.79 Å². The highest BCUT2D eigenvalue weighted by Gasteiger charge is 2.29. The molecule has 0 bridgehead atoms. The Hall–Kier alpha value is -1.47. The van der Waals surface area contributed by atoms with Crippen molar-refractivity contribution in [3.8, 4) is 0 Å². The quantitative estimate of drug-likeness (QED) is 0.863. The Morgan fingerprint density at radius 2 is 1.88 bits per heavy atom. The first kappa shape index (κ1) is 16.0. The van der Waals surface area contributed by atoms with Crippen molar-refractivity contribution in [2.24, 2.45) is 0 Å². The third-order valence-electron chi connectivity index (χ3n) is 4.97. The van der Waals surface area contributed by atoms with Gasteiger partial charge in [0, 0.05) is 24.9 Å². The molecule has 128 valence electrons. The molecule has 1 N–H and O–H groups in total. The van der Waals surface area contributed by atoms with Gasteiger partial charge in [-0.05, 0) is 43.2 Å². The van der Waals surface area contributed by atoms with Crippen LogP contribution in [0.4, 0.5) is 9.80 Å². The van der Waals surface area contributed by atoms with Crippen LogP contribution in [-0.4, -0.2) is 34.2 Å². The highest BCUT2D eigenvalue weighted by atomic mass is 32.1. The molecule has 1 aliphatic heterocycles. The number of carbonyl (C=O) groups is 1. The van der Waals surface area contributed by atoms with Crippen LogP contribution in [-0.2, 0) is 0 Å². The van der Waals surface area contributed by atoms with Crippen molar-refractivity contribution in [2.75, 3.05) is 18.4 Å². The van der Waals surface area contributed by atoms with Gasteiger partial charge in [0.1, 0.15) is 10.0 Å². The van der Waals surface area contributed by atoms with Crippen molar-refractivity contribution in [2.45, 2.75) is 50.4 Å². The number of rotatable bonds is 3. The zero-order valence-corrected chi connectivity index (χ0v) is 15.2. The minimum Gasteiger partial charge on any atom is -0.324 e. The zero-order valence-electron chi connectivity index (χ0n) is 13.6. The Balaban J connectivity index is 1.40. The number of hydrogen-bond donors (Lipinski definition) is 1. The summed E-state index contributed by atoms with van der Waals surface area (Å²) < 4.78 is 0. The summed E-state index contributed by atoms with van der Waals surface area (Å²) >= 11 is 3.33. The fourth-order valence-electron chi connectivity index (χ4n) is 3.65. The van der Waals surface area contributed by atoms with Crippen LogP contribution in [0.15, 0.2) is 17.5 Å². The average Bonchev–Trinajstić information content (AvgIpc) is 3.36. The van der Waals surface area contributed by atoms with Crippen LogP contribution in [0.2, 0.25) is 0 Å². The molecule has 5 nitrogen and oxygen atoms in total. The number of nitrogens with one attached hydrogen (secondary N) is 1. The highest BCUT2D eigenvalue weighted by Crippen LogP contribution is 2.38. The summed E-state index contributed by atoms with van der Waals surface area (Å²) in [6, 6.07) is 3.89. The summed E-state index contributed by atoms with van der Waals surface area (Å²) in [5.74, 6) is 0.957. The maximum atomic E-state index is 12.4. The summed E-state index contributed by atoms with van der Waals surface area (Å²) in [7, 11) is 0. The Morgan fingerprint density at radius 1 is 1.12 bits per heavy atom. The first-order chi connectivity index (χ1) is 11.8. The second-order valence-electron chi connectivity index (χ2n) is 6.65. The SMILES string of the molecule is O=C(Nc1cccs1)N1CCCC(c2nnc(C3CCCC3)s2)C1. The van der Waals surface area contributed by atoms with E-state index >= 15 is 0 Å². The smallest absolute Gasteiger partial charge is 0.322 e. The van der Waals surface area contributed by atoms with Gasteiger partial charge in [-0.3, -0.25) is 5.32 Å². The van der Waals surface area contributed by atoms with Crippen molar-refractivity contribution >= 4 is 33.7 Å². The van der Waals surface area contributed by atoms with E-state index in [1.807, 2.05) is 22.4 Å². The van der Waals surface area contributed by atoms with Gasteiger partial charge in [-0.15, -0.1) is 32.9 Å². The molecule has 1 saturated carbocycles. The van der Waals surface area contributed by atoms with E-state index in [0.717, 1.165) is 35.9 Å². The lowest BCUT2D eigenvalue weighted by Gasteiger charge is -2.31. The number of urea groups is 1. The first-order valence-electron chi connectivity index (χ1n) is 8.72. The van der Waals surface area contributed by atoms with Crippen LogP contribution in [0.25, 0.3) is 0 Å². The Morgan fingerprint density at radius 3 is 2.62 bits per heavy atom. The van der Waals surface area contributed by atoms with Crippen molar-refractivity contribution in [1.29, 1.82) is 0 Å². The first-order valence-corrected chi connectivity index (χ1v) is 10.4. The molecule has 1 saturated heterocycles. The topological polar surface area (TPSA) is 58.1 Å². The lowest BCUT2D eigenvalue weighted by Crippen LogP contribution is -2.41. The van der Waals surface area contributed by atoms with Crippen molar-refractivity contribution in [1.82, 2.24) is 15.1 Å². The van der Waals surface area contributed by atoms with Gasteiger partial charge in [0.05, 0.1) is 5.00 Å². The molecular formula is C17H22N4OS2. The fourth-order valence-corrected chi connectivity index (χ4v) is 5.39. The normalized spacial score (nSPS) is 22.0. The van der Waals surface area contributed by atoms with Crippen LogP contribution in [0.1, 0.15) is 60.4 Å². The van der Waals surface area contributed by atoms with Crippen molar-refractivity contribution in [3.05, 3.63) is 27.5 Å². The summed E-state index contributed by atoms with van der Waals surface area (Å²) in [4.78, 5) is 14.4. The van der Waals surface area contributed by atoms with E-state index in [2.05, 4.69) is 15.5 Å². The number of aromatic nitrogens is 2. The largest absolute Gasteiger partial charge is 0.324 e. The Kier molecular flexibility index (Phi) is 4.80. The number of thiophene rings is 1. The van der Waals surface area contributed by atoms with E-state index in [1.54, 1.807) is 22.7 Å². The molecule has 1 unspecified atom stereocenters. The lowest BCUT2D eigenvalue weighted by molar-refractivity contribution is 0.192. The second-order valence-corrected chi connectivity index (χ2v) is 8.64. The summed E-state index contributed by atoms with van der Waals surface area (Å²) in [6.45, 7) is 1.57. The second kappa shape index (κ2) is 7.19. The van der Waals surface area contributed by atoms with Crippen molar-refractivity contribution < 1.29 is 4.79 Å². The Labute approximate surface area is 150 Å². The molecule has 2 fully saturated rings. The maximum Gasteiger partial charge on any atom is 0.322 e. The minimum atomic E-state index is 0.00248. The number of likely N-dealkylation sites (tertiary alicyclic amines) is 1. The van der Waals surface area contributed by atoms with Gasteiger partial charge in [-0.1, -0.05) is 12.8 Å². The standard InChI is InChI=1S/C17H22N4OS2/c22-17(18-14-8-4-10-23-14)21-9-3-7-13(11-21)16-20-19-15(24-16)12-5-1-2-6-12/h4,8,10,12-13H,1-3,5-7,9,11H2,(H,18,22). The molecule has 2 aliphatic rings.